The molecular formula is C19H17N3O3S. The van der Waals surface area contributed by atoms with Crippen molar-refractivity contribution in [3.05, 3.63) is 60.4 Å². The lowest BCUT2D eigenvalue weighted by Gasteiger charge is -2.09. The van der Waals surface area contributed by atoms with Crippen LogP contribution >= 0.6 is 11.8 Å². The molecule has 1 aliphatic rings. The van der Waals surface area contributed by atoms with Crippen molar-refractivity contribution >= 4 is 33.9 Å². The number of thioether (sulfide) groups is 1. The second-order valence-electron chi connectivity index (χ2n) is 6.01. The lowest BCUT2D eigenvalue weighted by atomic mass is 10.1. The van der Waals surface area contributed by atoms with Crippen molar-refractivity contribution in [1.29, 1.82) is 0 Å². The highest BCUT2D eigenvalue weighted by Gasteiger charge is 2.31. The van der Waals surface area contributed by atoms with Gasteiger partial charge in [0.25, 0.3) is 5.24 Å². The van der Waals surface area contributed by atoms with Gasteiger partial charge in [0.15, 0.2) is 0 Å². The van der Waals surface area contributed by atoms with Crippen LogP contribution in [0.4, 0.5) is 4.79 Å². The summed E-state index contributed by atoms with van der Waals surface area (Å²) in [6.45, 7) is 1.25. The number of benzene rings is 1. The van der Waals surface area contributed by atoms with Crippen LogP contribution in [0, 0.1) is 0 Å². The third kappa shape index (κ3) is 3.57. The van der Waals surface area contributed by atoms with Gasteiger partial charge in [-0.15, -0.1) is 0 Å². The maximum atomic E-state index is 11.6. The van der Waals surface area contributed by atoms with E-state index >= 15 is 0 Å². The number of amides is 2. The molecule has 4 rings (SSSR count). The molecule has 132 valence electrons. The van der Waals surface area contributed by atoms with Crippen molar-refractivity contribution in [3.63, 3.8) is 0 Å². The molecule has 3 aromatic rings. The number of nitrogens with zero attached hydrogens (tertiary/aromatic N) is 2. The van der Waals surface area contributed by atoms with Crippen LogP contribution in [0.25, 0.3) is 11.0 Å². The Balaban J connectivity index is 1.31. The first kappa shape index (κ1) is 16.7. The highest BCUT2D eigenvalue weighted by Crippen LogP contribution is 2.24. The van der Waals surface area contributed by atoms with Gasteiger partial charge in [0.05, 0.1) is 11.8 Å². The Morgan fingerprint density at radius 1 is 1.15 bits per heavy atom. The van der Waals surface area contributed by atoms with E-state index in [1.165, 1.54) is 0 Å². The van der Waals surface area contributed by atoms with E-state index in [0.29, 0.717) is 19.6 Å². The minimum absolute atomic E-state index is 0.215. The molecule has 1 fully saturated rings. The smallest absolute Gasteiger partial charge is 0.286 e. The van der Waals surface area contributed by atoms with Crippen LogP contribution in [0.1, 0.15) is 5.56 Å². The Kier molecular flexibility index (Phi) is 4.62. The Labute approximate surface area is 154 Å². The number of hydrogen-bond acceptors (Lipinski definition) is 5. The number of nitrogens with one attached hydrogen (secondary N) is 1. The van der Waals surface area contributed by atoms with Crippen LogP contribution in [-0.4, -0.2) is 32.6 Å². The fourth-order valence-corrected chi connectivity index (χ4v) is 3.79. The maximum absolute atomic E-state index is 11.6. The zero-order valence-electron chi connectivity index (χ0n) is 13.9. The van der Waals surface area contributed by atoms with Crippen LogP contribution in [0.3, 0.4) is 0 Å². The average Bonchev–Trinajstić information content (AvgIpc) is 3.19. The quantitative estimate of drug-likeness (QED) is 0.725. The van der Waals surface area contributed by atoms with Gasteiger partial charge in [-0.3, -0.25) is 14.9 Å². The number of hydrogen-bond donors (Lipinski definition) is 1. The maximum Gasteiger partial charge on any atom is 0.286 e. The molecule has 1 saturated heterocycles. The molecule has 1 aromatic carbocycles. The van der Waals surface area contributed by atoms with Crippen LogP contribution in [0.2, 0.25) is 0 Å². The van der Waals surface area contributed by atoms with Crippen molar-refractivity contribution in [2.24, 2.45) is 0 Å². The SMILES string of the molecule is O=C1NC(=O)C(Cc2ccc(OCCn3ccc4cccnc43)cc2)S1. The van der Waals surface area contributed by atoms with E-state index in [1.54, 1.807) is 6.20 Å². The molecule has 2 amide bonds. The standard InChI is InChI=1S/C19H17N3O3S/c23-18-16(26-19(24)21-18)12-13-3-5-15(6-4-13)25-11-10-22-9-7-14-2-1-8-20-17(14)22/h1-9,16H,10-12H2,(H,21,23,24). The number of imide groups is 1. The largest absolute Gasteiger partial charge is 0.492 e. The van der Waals surface area contributed by atoms with Gasteiger partial charge in [0, 0.05) is 17.8 Å². The first-order valence-electron chi connectivity index (χ1n) is 8.32. The van der Waals surface area contributed by atoms with Gasteiger partial charge in [0.2, 0.25) is 5.91 Å². The zero-order valence-corrected chi connectivity index (χ0v) is 14.7. The Morgan fingerprint density at radius 3 is 2.77 bits per heavy atom. The summed E-state index contributed by atoms with van der Waals surface area (Å²) < 4.78 is 7.87. The molecule has 3 heterocycles. The van der Waals surface area contributed by atoms with E-state index in [1.807, 2.05) is 48.7 Å². The molecular weight excluding hydrogens is 350 g/mol. The normalized spacial score (nSPS) is 16.8. The lowest BCUT2D eigenvalue weighted by molar-refractivity contribution is -0.118. The predicted octanol–water partition coefficient (Wildman–Crippen LogP) is 3.01. The first-order chi connectivity index (χ1) is 12.7. The predicted molar refractivity (Wildman–Crippen MR) is 100 cm³/mol. The van der Waals surface area contributed by atoms with Crippen molar-refractivity contribution < 1.29 is 14.3 Å². The van der Waals surface area contributed by atoms with Crippen LogP contribution < -0.4 is 10.1 Å². The number of ether oxygens (including phenoxy) is 1. The summed E-state index contributed by atoms with van der Waals surface area (Å²) in [5, 5.41) is 2.81. The molecule has 1 aliphatic heterocycles. The van der Waals surface area contributed by atoms with Gasteiger partial charge in [0.1, 0.15) is 18.0 Å². The molecule has 0 saturated carbocycles. The third-order valence-corrected chi connectivity index (χ3v) is 5.22. The monoisotopic (exact) mass is 367 g/mol. The summed E-state index contributed by atoms with van der Waals surface area (Å²) in [6.07, 6.45) is 4.33. The molecule has 26 heavy (non-hydrogen) atoms. The molecule has 0 spiro atoms. The van der Waals surface area contributed by atoms with Gasteiger partial charge in [-0.1, -0.05) is 23.9 Å². The number of carbonyl (C=O) groups is 2. The fraction of sp³-hybridized carbons (Fsp3) is 0.211. The molecule has 2 aromatic heterocycles. The number of aromatic nitrogens is 2. The van der Waals surface area contributed by atoms with E-state index in [-0.39, 0.29) is 16.4 Å². The van der Waals surface area contributed by atoms with Crippen LogP contribution in [0.5, 0.6) is 5.75 Å². The van der Waals surface area contributed by atoms with Gasteiger partial charge >= 0.3 is 0 Å². The van der Waals surface area contributed by atoms with Gasteiger partial charge < -0.3 is 9.30 Å². The Morgan fingerprint density at radius 2 is 2.00 bits per heavy atom. The second kappa shape index (κ2) is 7.21. The molecule has 1 unspecified atom stereocenters. The van der Waals surface area contributed by atoms with E-state index in [9.17, 15) is 9.59 Å². The first-order valence-corrected chi connectivity index (χ1v) is 9.20. The average molecular weight is 367 g/mol. The van der Waals surface area contributed by atoms with Crippen LogP contribution in [0.15, 0.2) is 54.9 Å². The number of rotatable bonds is 6. The van der Waals surface area contributed by atoms with Crippen molar-refractivity contribution in [2.75, 3.05) is 6.61 Å². The molecule has 7 heteroatoms. The third-order valence-electron chi connectivity index (χ3n) is 4.24. The number of carbonyl (C=O) groups excluding carboxylic acids is 2. The number of pyridine rings is 1. The van der Waals surface area contributed by atoms with Gasteiger partial charge in [-0.05, 0) is 42.3 Å². The molecule has 1 N–H and O–H groups in total. The Hall–Kier alpha value is -2.80. The number of fused-ring (bicyclic) bond motifs is 1. The van der Waals surface area contributed by atoms with Crippen LogP contribution in [-0.2, 0) is 17.8 Å². The van der Waals surface area contributed by atoms with Gasteiger partial charge in [-0.25, -0.2) is 4.98 Å². The molecule has 1 atom stereocenters. The highest BCUT2D eigenvalue weighted by molar-refractivity contribution is 8.15. The fourth-order valence-electron chi connectivity index (χ4n) is 2.93. The summed E-state index contributed by atoms with van der Waals surface area (Å²) in [5.41, 5.74) is 1.95. The highest BCUT2D eigenvalue weighted by atomic mass is 32.2. The molecule has 0 bridgehead atoms. The zero-order chi connectivity index (χ0) is 17.9. The van der Waals surface area contributed by atoms with E-state index in [0.717, 1.165) is 34.1 Å². The minimum Gasteiger partial charge on any atom is -0.492 e. The lowest BCUT2D eigenvalue weighted by Crippen LogP contribution is -2.25. The van der Waals surface area contributed by atoms with Crippen molar-refractivity contribution in [1.82, 2.24) is 14.9 Å². The van der Waals surface area contributed by atoms with E-state index in [2.05, 4.69) is 14.9 Å². The van der Waals surface area contributed by atoms with E-state index < -0.39 is 0 Å². The minimum atomic E-state index is -0.344. The van der Waals surface area contributed by atoms with Crippen molar-refractivity contribution in [3.8, 4) is 5.75 Å². The molecule has 0 aliphatic carbocycles. The molecule has 0 radical (unpaired) electrons. The van der Waals surface area contributed by atoms with E-state index in [4.69, 9.17) is 4.74 Å². The summed E-state index contributed by atoms with van der Waals surface area (Å²) >= 11 is 1.05. The Bertz CT molecular complexity index is 952. The summed E-state index contributed by atoms with van der Waals surface area (Å²) in [7, 11) is 0. The van der Waals surface area contributed by atoms with Gasteiger partial charge in [-0.2, -0.15) is 0 Å². The summed E-state index contributed by atoms with van der Waals surface area (Å²) in [4.78, 5) is 27.2. The van der Waals surface area contributed by atoms with Crippen molar-refractivity contribution in [2.45, 2.75) is 18.2 Å². The summed E-state index contributed by atoms with van der Waals surface area (Å²) in [5.74, 6) is 0.561. The summed E-state index contributed by atoms with van der Waals surface area (Å²) in [6, 6.07) is 13.6. The topological polar surface area (TPSA) is 73.2 Å². The second-order valence-corrected chi connectivity index (χ2v) is 7.18. The molecule has 6 nitrogen and oxygen atoms in total.